The lowest BCUT2D eigenvalue weighted by Gasteiger charge is -2.34. The van der Waals surface area contributed by atoms with Crippen molar-refractivity contribution in [2.24, 2.45) is 0 Å². The molecule has 2 aromatic heterocycles. The zero-order valence-electron chi connectivity index (χ0n) is 43.3. The van der Waals surface area contributed by atoms with Gasteiger partial charge in [0, 0.05) is 62.2 Å². The zero-order chi connectivity index (χ0) is 52.2. The predicted octanol–water partition coefficient (Wildman–Crippen LogP) is 12.0. The minimum Gasteiger partial charge on any atom is -0.481 e. The number of aromatic nitrogens is 6. The minimum absolute atomic E-state index is 0. The van der Waals surface area contributed by atoms with Crippen LogP contribution in [0.15, 0.2) is 121 Å². The van der Waals surface area contributed by atoms with Gasteiger partial charge in [-0.1, -0.05) is 124 Å². The summed E-state index contributed by atoms with van der Waals surface area (Å²) in [5.74, 6) is -1.17. The van der Waals surface area contributed by atoms with E-state index in [1.165, 1.54) is 11.1 Å². The van der Waals surface area contributed by atoms with E-state index in [2.05, 4.69) is 70.9 Å². The Morgan fingerprint density at radius 2 is 1.01 bits per heavy atom. The molecule has 0 bridgehead atoms. The number of rotatable bonds is 13. The molecule has 14 nitrogen and oxygen atoms in total. The Labute approximate surface area is 446 Å². The molecule has 76 heavy (non-hydrogen) atoms. The molecule has 4 atom stereocenters. The maximum atomic E-state index is 13.3. The van der Waals surface area contributed by atoms with Crippen LogP contribution in [-0.2, 0) is 40.5 Å². The fraction of sp³-hybridized carbons (Fsp3) is 0.355. The molecule has 6 aromatic carbocycles. The van der Waals surface area contributed by atoms with Gasteiger partial charge in [-0.2, -0.15) is 0 Å². The molecular weight excluding hydrogens is 953 g/mol. The van der Waals surface area contributed by atoms with Gasteiger partial charge in [-0.3, -0.25) is 19.2 Å². The lowest BCUT2D eigenvalue weighted by atomic mass is 9.82. The van der Waals surface area contributed by atoms with Gasteiger partial charge in [-0.05, 0) is 138 Å². The maximum absolute atomic E-state index is 13.3. The Bertz CT molecular complexity index is 3370. The quantitative estimate of drug-likeness (QED) is 0.110. The van der Waals surface area contributed by atoms with Crippen LogP contribution in [0, 0.1) is 13.8 Å². The van der Waals surface area contributed by atoms with E-state index in [0.29, 0.717) is 43.9 Å². The fourth-order valence-corrected chi connectivity index (χ4v) is 11.1. The van der Waals surface area contributed by atoms with Crippen LogP contribution in [0.3, 0.4) is 0 Å². The number of hydrogen-bond donors (Lipinski definition) is 1. The topological polar surface area (TPSA) is 166 Å². The highest BCUT2D eigenvalue weighted by molar-refractivity contribution is 5.95. The number of carbonyl (C=O) groups excluding carboxylic acids is 3. The highest BCUT2D eigenvalue weighted by Crippen LogP contribution is 2.39. The summed E-state index contributed by atoms with van der Waals surface area (Å²) in [5, 5.41) is 27.1. The average molecular weight is 1030 g/mol. The predicted molar refractivity (Wildman–Crippen MR) is 299 cm³/mol. The standard InChI is InChI=1S/C31H34N4O3.C29H30N4O3.2CH4/c1-5-35-28-15-14-26(21(4)30(28)32-33-35)27(17-29(36)38-6-2)23-12-13-25-20(3)18-34(19-24(25)16-23)31(37)22-10-8-7-9-11-22;1-4-33-26-13-12-24(19(3)28(26)30-31-33)25(15-27(34)35)21-10-11-23-18(2)16-32(17-22(23)14-21)29(36)20-8-6-5-7-9-20;;/h7-16,20,27H,5-6,17-19H2,1-4H3;5-14,18,25H,4,15-17H2,1-3H3,(H,34,35);2*1H4. The van der Waals surface area contributed by atoms with Crippen molar-refractivity contribution in [1.82, 2.24) is 39.8 Å². The molecule has 10 rings (SSSR count). The van der Waals surface area contributed by atoms with Gasteiger partial charge in [0.05, 0.1) is 30.5 Å². The smallest absolute Gasteiger partial charge is 0.306 e. The van der Waals surface area contributed by atoms with E-state index in [0.717, 1.165) is 79.7 Å². The number of carboxylic acids is 1. The molecule has 2 aliphatic heterocycles. The second-order valence-corrected chi connectivity index (χ2v) is 19.6. The fourth-order valence-electron chi connectivity index (χ4n) is 11.1. The van der Waals surface area contributed by atoms with Crippen LogP contribution >= 0.6 is 0 Å². The summed E-state index contributed by atoms with van der Waals surface area (Å²) in [7, 11) is 0. The van der Waals surface area contributed by atoms with Crippen LogP contribution in [0.25, 0.3) is 22.1 Å². The van der Waals surface area contributed by atoms with Gasteiger partial charge in [0.15, 0.2) is 0 Å². The minimum atomic E-state index is -0.858. The van der Waals surface area contributed by atoms with E-state index in [1.807, 2.05) is 139 Å². The Balaban J connectivity index is 0.000000216. The van der Waals surface area contributed by atoms with Crippen molar-refractivity contribution in [2.45, 2.75) is 126 Å². The number of carbonyl (C=O) groups is 4. The molecule has 4 unspecified atom stereocenters. The molecule has 8 aromatic rings. The van der Waals surface area contributed by atoms with Crippen molar-refractivity contribution in [1.29, 1.82) is 0 Å². The molecule has 0 radical (unpaired) electrons. The largest absolute Gasteiger partial charge is 0.481 e. The van der Waals surface area contributed by atoms with Crippen LogP contribution < -0.4 is 0 Å². The normalized spacial score (nSPS) is 15.5. The summed E-state index contributed by atoms with van der Waals surface area (Å²) >= 11 is 0. The number of aliphatic carboxylic acids is 1. The molecule has 2 aliphatic rings. The number of nitrogens with zero attached hydrogens (tertiary/aromatic N) is 8. The highest BCUT2D eigenvalue weighted by atomic mass is 16.5. The van der Waals surface area contributed by atoms with Crippen LogP contribution in [0.1, 0.15) is 162 Å². The summed E-state index contributed by atoms with van der Waals surface area (Å²) in [6.45, 7) is 18.4. The van der Waals surface area contributed by atoms with Crippen LogP contribution in [0.2, 0.25) is 0 Å². The van der Waals surface area contributed by atoms with Gasteiger partial charge in [-0.25, -0.2) is 9.36 Å². The third-order valence-electron chi connectivity index (χ3n) is 14.9. The molecule has 0 spiro atoms. The van der Waals surface area contributed by atoms with E-state index in [1.54, 1.807) is 0 Å². The summed E-state index contributed by atoms with van der Waals surface area (Å²) < 4.78 is 9.09. The number of hydrogen-bond acceptors (Lipinski definition) is 9. The van der Waals surface area contributed by atoms with Gasteiger partial charge in [-0.15, -0.1) is 10.2 Å². The summed E-state index contributed by atoms with van der Waals surface area (Å²) in [6, 6.07) is 39.6. The third kappa shape index (κ3) is 11.3. The number of aryl methyl sites for hydroxylation is 4. The van der Waals surface area contributed by atoms with Gasteiger partial charge < -0.3 is 19.6 Å². The Morgan fingerprint density at radius 1 is 0.592 bits per heavy atom. The van der Waals surface area contributed by atoms with E-state index in [9.17, 15) is 24.3 Å². The number of carboxylic acid groups (broad SMARTS) is 1. The van der Waals surface area contributed by atoms with E-state index < -0.39 is 5.97 Å². The molecule has 396 valence electrons. The average Bonchev–Trinajstić information content (AvgIpc) is 4.05. The highest BCUT2D eigenvalue weighted by Gasteiger charge is 2.31. The third-order valence-corrected chi connectivity index (χ3v) is 14.9. The van der Waals surface area contributed by atoms with E-state index in [4.69, 9.17) is 4.74 Å². The van der Waals surface area contributed by atoms with Gasteiger partial charge in [0.2, 0.25) is 0 Å². The first kappa shape index (κ1) is 55.7. The van der Waals surface area contributed by atoms with E-state index >= 15 is 0 Å². The summed E-state index contributed by atoms with van der Waals surface area (Å²) in [4.78, 5) is 54.9. The number of ether oxygens (including phenoxy) is 1. The number of fused-ring (bicyclic) bond motifs is 4. The first-order valence-corrected chi connectivity index (χ1v) is 25.7. The first-order chi connectivity index (χ1) is 35.8. The van der Waals surface area contributed by atoms with Crippen molar-refractivity contribution >= 4 is 45.8 Å². The van der Waals surface area contributed by atoms with Crippen molar-refractivity contribution in [3.8, 4) is 0 Å². The molecule has 0 saturated carbocycles. The van der Waals surface area contributed by atoms with Gasteiger partial charge >= 0.3 is 11.9 Å². The van der Waals surface area contributed by atoms with Gasteiger partial charge in [0.1, 0.15) is 11.0 Å². The molecule has 0 aliphatic carbocycles. The van der Waals surface area contributed by atoms with Crippen molar-refractivity contribution in [3.63, 3.8) is 0 Å². The molecule has 2 amide bonds. The second-order valence-electron chi connectivity index (χ2n) is 19.6. The van der Waals surface area contributed by atoms with E-state index in [-0.39, 0.29) is 69.2 Å². The van der Waals surface area contributed by atoms with Crippen molar-refractivity contribution in [2.75, 3.05) is 19.7 Å². The molecule has 1 N–H and O–H groups in total. The lowest BCUT2D eigenvalue weighted by Crippen LogP contribution is -2.37. The number of amides is 2. The van der Waals surface area contributed by atoms with Crippen LogP contribution in [-0.4, -0.2) is 88.3 Å². The first-order valence-electron chi connectivity index (χ1n) is 25.7. The Kier molecular flexibility index (Phi) is 17.7. The number of esters is 1. The second kappa shape index (κ2) is 24.1. The van der Waals surface area contributed by atoms with Gasteiger partial charge in [0.25, 0.3) is 11.8 Å². The Hall–Kier alpha value is -8.00. The SMILES string of the molecule is C.C.CCOC(=O)CC(c1ccc2c(c1)CN(C(=O)c1ccccc1)CC2C)c1ccc2c(nnn2CC)c1C.CCn1nnc2c(C)c(C(CC(=O)O)c3ccc4c(c3)CN(C(=O)c3ccccc3)CC4C)ccc21. The molecule has 0 saturated heterocycles. The zero-order valence-corrected chi connectivity index (χ0v) is 43.3. The summed E-state index contributed by atoms with van der Waals surface area (Å²) in [6.07, 6.45) is 0.193. The molecule has 14 heteroatoms. The Morgan fingerprint density at radius 3 is 1.41 bits per heavy atom. The van der Waals surface area contributed by atoms with Crippen LogP contribution in [0.5, 0.6) is 0 Å². The summed E-state index contributed by atoms with van der Waals surface area (Å²) in [5.41, 5.74) is 15.5. The van der Waals surface area contributed by atoms with Crippen LogP contribution in [0.4, 0.5) is 0 Å². The lowest BCUT2D eigenvalue weighted by molar-refractivity contribution is -0.143. The maximum Gasteiger partial charge on any atom is 0.306 e. The monoisotopic (exact) mass is 1020 g/mol. The molecular formula is C62H72N8O6. The molecule has 0 fully saturated rings. The molecule has 4 heterocycles. The number of benzene rings is 6. The van der Waals surface area contributed by atoms with Crippen molar-refractivity contribution < 1.29 is 29.0 Å². The van der Waals surface area contributed by atoms with Crippen molar-refractivity contribution in [3.05, 3.63) is 188 Å².